The molecule has 1 N–H and O–H groups in total. The van der Waals surface area contributed by atoms with Crippen molar-refractivity contribution in [3.63, 3.8) is 0 Å². The minimum absolute atomic E-state index is 0.0778. The second kappa shape index (κ2) is 8.05. The van der Waals surface area contributed by atoms with Crippen molar-refractivity contribution in [3.05, 3.63) is 23.8 Å². The highest BCUT2D eigenvalue weighted by molar-refractivity contribution is 5.94. The molecule has 1 atom stereocenters. The van der Waals surface area contributed by atoms with Gasteiger partial charge in [0.25, 0.3) is 5.91 Å². The van der Waals surface area contributed by atoms with Crippen LogP contribution in [0.4, 0.5) is 0 Å². The van der Waals surface area contributed by atoms with E-state index in [2.05, 4.69) is 20.2 Å². The second-order valence-electron chi connectivity index (χ2n) is 5.53. The summed E-state index contributed by atoms with van der Waals surface area (Å²) in [6.45, 7) is 6.58. The van der Waals surface area contributed by atoms with Gasteiger partial charge < -0.3 is 15.0 Å². The molecule has 0 aliphatic carbocycles. The standard InChI is InChI=1S/C15H24N4O2/c1-12-14(9-16-11-18-12)15(20)17-8-13-4-6-19(10-13)5-3-7-21-2/h9,11,13H,3-8,10H2,1-2H3,(H,17,20). The van der Waals surface area contributed by atoms with E-state index in [1.165, 1.54) is 6.33 Å². The summed E-state index contributed by atoms with van der Waals surface area (Å²) in [4.78, 5) is 22.5. The number of hydrogen-bond donors (Lipinski definition) is 1. The topological polar surface area (TPSA) is 67.3 Å². The van der Waals surface area contributed by atoms with Crippen LogP contribution >= 0.6 is 0 Å². The first kappa shape index (κ1) is 15.9. The van der Waals surface area contributed by atoms with E-state index in [0.717, 1.165) is 44.8 Å². The van der Waals surface area contributed by atoms with Crippen LogP contribution in [0.15, 0.2) is 12.5 Å². The predicted octanol–water partition coefficient (Wildman–Crippen LogP) is 0.873. The molecule has 1 fully saturated rings. The average molecular weight is 292 g/mol. The molecule has 1 saturated heterocycles. The fourth-order valence-electron chi connectivity index (χ4n) is 2.66. The van der Waals surface area contributed by atoms with Crippen molar-refractivity contribution in [2.24, 2.45) is 5.92 Å². The molecular formula is C15H24N4O2. The van der Waals surface area contributed by atoms with Crippen LogP contribution < -0.4 is 5.32 Å². The molecule has 1 aliphatic heterocycles. The Morgan fingerprint density at radius 1 is 1.57 bits per heavy atom. The van der Waals surface area contributed by atoms with Crippen LogP contribution in [0.5, 0.6) is 0 Å². The molecular weight excluding hydrogens is 268 g/mol. The molecule has 6 nitrogen and oxygen atoms in total. The molecule has 2 heterocycles. The lowest BCUT2D eigenvalue weighted by atomic mass is 10.1. The zero-order valence-electron chi connectivity index (χ0n) is 12.8. The maximum Gasteiger partial charge on any atom is 0.254 e. The van der Waals surface area contributed by atoms with E-state index in [1.807, 2.05) is 6.92 Å². The zero-order chi connectivity index (χ0) is 15.1. The highest BCUT2D eigenvalue weighted by atomic mass is 16.5. The maximum atomic E-state index is 12.1. The number of aryl methyl sites for hydroxylation is 1. The van der Waals surface area contributed by atoms with E-state index in [1.54, 1.807) is 13.3 Å². The van der Waals surface area contributed by atoms with Crippen molar-refractivity contribution >= 4 is 5.91 Å². The molecule has 6 heteroatoms. The Kier molecular flexibility index (Phi) is 6.07. The molecule has 0 spiro atoms. The van der Waals surface area contributed by atoms with Crippen molar-refractivity contribution in [3.8, 4) is 0 Å². The molecule has 1 aromatic heterocycles. The van der Waals surface area contributed by atoms with Crippen molar-refractivity contribution in [1.82, 2.24) is 20.2 Å². The Hall–Kier alpha value is -1.53. The lowest BCUT2D eigenvalue weighted by Gasteiger charge is -2.16. The molecule has 1 aliphatic rings. The third-order valence-corrected chi connectivity index (χ3v) is 3.90. The number of hydrogen-bond acceptors (Lipinski definition) is 5. The molecule has 2 rings (SSSR count). The first-order valence-corrected chi connectivity index (χ1v) is 7.46. The highest BCUT2D eigenvalue weighted by Crippen LogP contribution is 2.15. The molecule has 0 saturated carbocycles. The number of amides is 1. The normalized spacial score (nSPS) is 18.9. The largest absolute Gasteiger partial charge is 0.385 e. The number of aromatic nitrogens is 2. The van der Waals surface area contributed by atoms with E-state index in [0.29, 0.717) is 18.0 Å². The summed E-state index contributed by atoms with van der Waals surface area (Å²) in [6.07, 6.45) is 5.23. The van der Waals surface area contributed by atoms with Crippen LogP contribution in [0.25, 0.3) is 0 Å². The smallest absolute Gasteiger partial charge is 0.254 e. The maximum absolute atomic E-state index is 12.1. The van der Waals surface area contributed by atoms with Crippen LogP contribution in [0.1, 0.15) is 28.9 Å². The van der Waals surface area contributed by atoms with Crippen molar-refractivity contribution in [2.45, 2.75) is 19.8 Å². The number of ether oxygens (including phenoxy) is 1. The van der Waals surface area contributed by atoms with Gasteiger partial charge in [-0.3, -0.25) is 4.79 Å². The van der Waals surface area contributed by atoms with Crippen LogP contribution in [0.2, 0.25) is 0 Å². The highest BCUT2D eigenvalue weighted by Gasteiger charge is 2.22. The Labute approximate surface area is 125 Å². The number of rotatable bonds is 7. The Balaban J connectivity index is 1.72. The number of nitrogens with one attached hydrogen (secondary N) is 1. The summed E-state index contributed by atoms with van der Waals surface area (Å²) in [5.74, 6) is 0.451. The summed E-state index contributed by atoms with van der Waals surface area (Å²) in [5, 5.41) is 3.00. The lowest BCUT2D eigenvalue weighted by molar-refractivity contribution is 0.0946. The van der Waals surface area contributed by atoms with Gasteiger partial charge >= 0.3 is 0 Å². The Bertz CT molecular complexity index is 467. The van der Waals surface area contributed by atoms with Crippen molar-refractivity contribution in [1.29, 1.82) is 0 Å². The average Bonchev–Trinajstić information content (AvgIpc) is 2.93. The number of likely N-dealkylation sites (tertiary alicyclic amines) is 1. The van der Waals surface area contributed by atoms with Crippen LogP contribution in [-0.2, 0) is 4.74 Å². The van der Waals surface area contributed by atoms with Gasteiger partial charge in [-0.1, -0.05) is 0 Å². The zero-order valence-corrected chi connectivity index (χ0v) is 12.8. The summed E-state index contributed by atoms with van der Waals surface area (Å²) in [5.41, 5.74) is 1.28. The fraction of sp³-hybridized carbons (Fsp3) is 0.667. The molecule has 1 aromatic rings. The Morgan fingerprint density at radius 3 is 3.19 bits per heavy atom. The first-order chi connectivity index (χ1) is 10.2. The predicted molar refractivity (Wildman–Crippen MR) is 80.1 cm³/mol. The van der Waals surface area contributed by atoms with Gasteiger partial charge in [0, 0.05) is 39.5 Å². The number of carbonyl (C=O) groups excluding carboxylic acids is 1. The van der Waals surface area contributed by atoms with Gasteiger partial charge in [-0.25, -0.2) is 9.97 Å². The first-order valence-electron chi connectivity index (χ1n) is 7.46. The molecule has 0 radical (unpaired) electrons. The molecule has 0 bridgehead atoms. The van der Waals surface area contributed by atoms with E-state index < -0.39 is 0 Å². The van der Waals surface area contributed by atoms with Gasteiger partial charge in [-0.15, -0.1) is 0 Å². The summed E-state index contributed by atoms with van der Waals surface area (Å²) in [6, 6.07) is 0. The van der Waals surface area contributed by atoms with Crippen molar-refractivity contribution in [2.75, 3.05) is 39.9 Å². The monoisotopic (exact) mass is 292 g/mol. The van der Waals surface area contributed by atoms with Gasteiger partial charge in [0.1, 0.15) is 6.33 Å². The minimum atomic E-state index is -0.0778. The molecule has 1 unspecified atom stereocenters. The van der Waals surface area contributed by atoms with E-state index in [4.69, 9.17) is 4.74 Å². The van der Waals surface area contributed by atoms with Gasteiger partial charge in [-0.05, 0) is 32.2 Å². The van der Waals surface area contributed by atoms with Gasteiger partial charge in [0.15, 0.2) is 0 Å². The van der Waals surface area contributed by atoms with Gasteiger partial charge in [-0.2, -0.15) is 0 Å². The van der Waals surface area contributed by atoms with Gasteiger partial charge in [0.2, 0.25) is 0 Å². The molecule has 21 heavy (non-hydrogen) atoms. The third kappa shape index (κ3) is 4.75. The van der Waals surface area contributed by atoms with Crippen LogP contribution in [0, 0.1) is 12.8 Å². The molecule has 0 aromatic carbocycles. The van der Waals surface area contributed by atoms with E-state index in [9.17, 15) is 4.79 Å². The second-order valence-corrected chi connectivity index (χ2v) is 5.53. The number of methoxy groups -OCH3 is 1. The quantitative estimate of drug-likeness (QED) is 0.755. The number of carbonyl (C=O) groups is 1. The Morgan fingerprint density at radius 2 is 2.43 bits per heavy atom. The number of nitrogens with zero attached hydrogens (tertiary/aromatic N) is 3. The summed E-state index contributed by atoms with van der Waals surface area (Å²) < 4.78 is 5.07. The SMILES string of the molecule is COCCCN1CCC(CNC(=O)c2cncnc2C)C1. The fourth-order valence-corrected chi connectivity index (χ4v) is 2.66. The lowest BCUT2D eigenvalue weighted by Crippen LogP contribution is -2.32. The summed E-state index contributed by atoms with van der Waals surface area (Å²) in [7, 11) is 1.73. The van der Waals surface area contributed by atoms with Crippen LogP contribution in [-0.4, -0.2) is 60.7 Å². The van der Waals surface area contributed by atoms with Gasteiger partial charge in [0.05, 0.1) is 11.3 Å². The molecule has 1 amide bonds. The van der Waals surface area contributed by atoms with Crippen molar-refractivity contribution < 1.29 is 9.53 Å². The minimum Gasteiger partial charge on any atom is -0.385 e. The summed E-state index contributed by atoms with van der Waals surface area (Å²) >= 11 is 0. The van der Waals surface area contributed by atoms with Crippen LogP contribution in [0.3, 0.4) is 0 Å². The molecule has 116 valence electrons. The van der Waals surface area contributed by atoms with E-state index >= 15 is 0 Å². The third-order valence-electron chi connectivity index (χ3n) is 3.90. The van der Waals surface area contributed by atoms with E-state index in [-0.39, 0.29) is 5.91 Å².